The third-order valence-electron chi connectivity index (χ3n) is 5.41. The Labute approximate surface area is 184 Å². The molecule has 3 aromatic carbocycles. The summed E-state index contributed by atoms with van der Waals surface area (Å²) in [4.78, 5) is 6.57. The molecule has 1 aliphatic heterocycles. The molecule has 3 aromatic rings. The van der Waals surface area contributed by atoms with Gasteiger partial charge in [-0.2, -0.15) is 0 Å². The molecular weight excluding hydrogens is 444 g/mol. The average molecular weight is 469 g/mol. The summed E-state index contributed by atoms with van der Waals surface area (Å²) >= 11 is 2.47. The van der Waals surface area contributed by atoms with Crippen LogP contribution in [0.2, 0.25) is 0 Å². The van der Waals surface area contributed by atoms with E-state index in [1.54, 1.807) is 0 Å². The van der Waals surface area contributed by atoms with E-state index in [-0.39, 0.29) is 0 Å². The van der Waals surface area contributed by atoms with Crippen molar-refractivity contribution in [3.8, 4) is 0 Å². The molecule has 4 rings (SSSR count). The van der Waals surface area contributed by atoms with E-state index in [1.165, 1.54) is 11.3 Å². The Balaban J connectivity index is 1.56. The maximum Gasteiger partial charge on any atom is 0.181 e. The third kappa shape index (κ3) is 4.32. The van der Waals surface area contributed by atoms with Gasteiger partial charge in [0.15, 0.2) is 9.79 Å². The normalized spacial score (nSPS) is 15.4. The maximum atomic E-state index is 13.4. The van der Waals surface area contributed by atoms with Crippen molar-refractivity contribution in [1.82, 2.24) is 0 Å². The summed E-state index contributed by atoms with van der Waals surface area (Å²) in [5.74, 6) is 0. The van der Waals surface area contributed by atoms with Crippen LogP contribution in [0.15, 0.2) is 81.0 Å². The summed E-state index contributed by atoms with van der Waals surface area (Å²) in [6.07, 6.45) is 0. The van der Waals surface area contributed by atoms with Crippen molar-refractivity contribution in [2.45, 2.75) is 23.6 Å². The summed E-state index contributed by atoms with van der Waals surface area (Å²) in [6.45, 7) is 7.79. The van der Waals surface area contributed by atoms with Gasteiger partial charge < -0.3 is 14.4 Å². The molecule has 29 heavy (non-hydrogen) atoms. The minimum atomic E-state index is -1.19. The van der Waals surface area contributed by atoms with Gasteiger partial charge in [-0.3, -0.25) is 0 Å². The molecular formula is C24H25BrN2OS. The molecule has 1 saturated heterocycles. The average Bonchev–Trinajstić information content (AvgIpc) is 2.74. The van der Waals surface area contributed by atoms with Gasteiger partial charge in [-0.15, -0.1) is 0 Å². The second kappa shape index (κ2) is 8.82. The molecule has 1 heterocycles. The van der Waals surface area contributed by atoms with Gasteiger partial charge in [-0.05, 0) is 60.1 Å². The number of hydrogen-bond acceptors (Lipinski definition) is 3. The van der Waals surface area contributed by atoms with E-state index in [2.05, 4.69) is 63.0 Å². The van der Waals surface area contributed by atoms with Gasteiger partial charge in [0.1, 0.15) is 0 Å². The van der Waals surface area contributed by atoms with Crippen LogP contribution in [-0.4, -0.2) is 30.7 Å². The van der Waals surface area contributed by atoms with Crippen molar-refractivity contribution in [2.75, 3.05) is 36.0 Å². The number of benzene rings is 3. The fourth-order valence-electron chi connectivity index (χ4n) is 3.90. The highest BCUT2D eigenvalue weighted by Crippen LogP contribution is 2.33. The number of para-hydroxylation sites is 2. The van der Waals surface area contributed by atoms with Crippen LogP contribution in [0.5, 0.6) is 0 Å². The molecule has 0 spiro atoms. The lowest BCUT2D eigenvalue weighted by atomic mass is 10.2. The second-order valence-corrected chi connectivity index (χ2v) is 9.70. The Morgan fingerprint density at radius 2 is 1.34 bits per heavy atom. The van der Waals surface area contributed by atoms with E-state index in [1.807, 2.05) is 43.3 Å². The maximum absolute atomic E-state index is 13.4. The lowest BCUT2D eigenvalue weighted by molar-refractivity contribution is 0.592. The van der Waals surface area contributed by atoms with E-state index < -0.39 is 11.2 Å². The second-order valence-electron chi connectivity index (χ2n) is 7.43. The quantitative estimate of drug-likeness (QED) is 0.469. The molecule has 1 fully saturated rings. The van der Waals surface area contributed by atoms with Crippen molar-refractivity contribution in [2.24, 2.45) is 0 Å². The fourth-order valence-corrected chi connectivity index (χ4v) is 5.80. The summed E-state index contributed by atoms with van der Waals surface area (Å²) in [7, 11) is 0. The summed E-state index contributed by atoms with van der Waals surface area (Å²) < 4.78 is 14.6. The van der Waals surface area contributed by atoms with Crippen LogP contribution in [-0.2, 0) is 11.2 Å². The third-order valence-corrected chi connectivity index (χ3v) is 7.68. The van der Waals surface area contributed by atoms with Crippen molar-refractivity contribution >= 4 is 38.5 Å². The Morgan fingerprint density at radius 3 is 2.00 bits per heavy atom. The summed E-state index contributed by atoms with van der Waals surface area (Å²) in [5, 5.41) is 0. The van der Waals surface area contributed by atoms with Gasteiger partial charge in [-0.25, -0.2) is 0 Å². The Hall–Kier alpha value is -1.95. The zero-order chi connectivity index (χ0) is 20.4. The van der Waals surface area contributed by atoms with Crippen LogP contribution in [0.3, 0.4) is 0 Å². The van der Waals surface area contributed by atoms with E-state index in [4.69, 9.17) is 0 Å². The topological polar surface area (TPSA) is 29.5 Å². The molecule has 0 aromatic heterocycles. The number of aryl methyl sites for hydroxylation is 2. The molecule has 5 heteroatoms. The van der Waals surface area contributed by atoms with Crippen LogP contribution in [0.25, 0.3) is 0 Å². The highest BCUT2D eigenvalue weighted by molar-refractivity contribution is 9.10. The predicted molar refractivity (Wildman–Crippen MR) is 126 cm³/mol. The van der Waals surface area contributed by atoms with Crippen molar-refractivity contribution < 1.29 is 4.55 Å². The van der Waals surface area contributed by atoms with Crippen LogP contribution in [0, 0.1) is 13.8 Å². The zero-order valence-electron chi connectivity index (χ0n) is 16.8. The largest absolute Gasteiger partial charge is 0.606 e. The van der Waals surface area contributed by atoms with Crippen LogP contribution >= 0.6 is 15.9 Å². The number of hydrogen-bond donors (Lipinski definition) is 0. The first-order valence-corrected chi connectivity index (χ1v) is 11.8. The van der Waals surface area contributed by atoms with Crippen LogP contribution in [0.1, 0.15) is 11.1 Å². The highest BCUT2D eigenvalue weighted by atomic mass is 79.9. The highest BCUT2D eigenvalue weighted by Gasteiger charge is 2.26. The van der Waals surface area contributed by atoms with Crippen molar-refractivity contribution in [3.05, 3.63) is 82.3 Å². The Morgan fingerprint density at radius 1 is 0.759 bits per heavy atom. The van der Waals surface area contributed by atoms with E-state index in [0.717, 1.165) is 51.7 Å². The minimum Gasteiger partial charge on any atom is -0.606 e. The smallest absolute Gasteiger partial charge is 0.181 e. The number of nitrogens with zero attached hydrogens (tertiary/aromatic N) is 2. The number of anilines is 2. The van der Waals surface area contributed by atoms with E-state index >= 15 is 0 Å². The molecule has 0 amide bonds. The molecule has 0 bridgehead atoms. The summed E-state index contributed by atoms with van der Waals surface area (Å²) in [6, 6.07) is 22.6. The van der Waals surface area contributed by atoms with Crippen molar-refractivity contribution in [1.29, 1.82) is 0 Å². The minimum absolute atomic E-state index is 0.897. The Kier molecular flexibility index (Phi) is 6.18. The number of halogens is 1. The molecule has 3 nitrogen and oxygen atoms in total. The lowest BCUT2D eigenvalue weighted by Gasteiger charge is -2.38. The molecule has 1 aliphatic rings. The number of piperazine rings is 1. The van der Waals surface area contributed by atoms with Crippen LogP contribution in [0.4, 0.5) is 11.4 Å². The molecule has 0 N–H and O–H groups in total. The SMILES string of the molecule is Cc1ccc([S+]([O-])c2ccccc2N2CCN(c3ccccc3Br)CC2)c(C)c1. The molecule has 0 aliphatic carbocycles. The van der Waals surface area contributed by atoms with E-state index in [0.29, 0.717) is 0 Å². The zero-order valence-corrected chi connectivity index (χ0v) is 19.2. The van der Waals surface area contributed by atoms with Gasteiger partial charge in [0.25, 0.3) is 0 Å². The molecule has 1 atom stereocenters. The van der Waals surface area contributed by atoms with Gasteiger partial charge in [-0.1, -0.05) is 42.0 Å². The van der Waals surface area contributed by atoms with Gasteiger partial charge in [0.05, 0.1) is 11.4 Å². The monoisotopic (exact) mass is 468 g/mol. The molecule has 0 saturated carbocycles. The fraction of sp³-hybridized carbons (Fsp3) is 0.250. The Bertz CT molecular complexity index is 1000. The first kappa shape index (κ1) is 20.3. The van der Waals surface area contributed by atoms with Gasteiger partial charge in [0.2, 0.25) is 0 Å². The van der Waals surface area contributed by atoms with Crippen molar-refractivity contribution in [3.63, 3.8) is 0 Å². The van der Waals surface area contributed by atoms with Gasteiger partial charge in [0, 0.05) is 47.4 Å². The summed E-state index contributed by atoms with van der Waals surface area (Å²) in [5.41, 5.74) is 4.59. The molecule has 150 valence electrons. The lowest BCUT2D eigenvalue weighted by Crippen LogP contribution is -2.47. The van der Waals surface area contributed by atoms with Gasteiger partial charge >= 0.3 is 0 Å². The van der Waals surface area contributed by atoms with E-state index in [9.17, 15) is 4.55 Å². The first-order valence-electron chi connectivity index (χ1n) is 9.87. The molecule has 1 unspecified atom stereocenters. The first-order chi connectivity index (χ1) is 14.0. The molecule has 0 radical (unpaired) electrons. The van der Waals surface area contributed by atoms with Crippen LogP contribution < -0.4 is 9.80 Å². The number of rotatable bonds is 4. The standard InChI is InChI=1S/C24H25BrN2OS/c1-18-11-12-23(19(2)17-18)29(28)24-10-6-5-9-22(24)27-15-13-26(14-16-27)21-8-4-3-7-20(21)25/h3-12,17H,13-16H2,1-2H3. The predicted octanol–water partition coefficient (Wildman–Crippen LogP) is 5.56.